The summed E-state index contributed by atoms with van der Waals surface area (Å²) in [6.45, 7) is 2.41. The highest BCUT2D eigenvalue weighted by atomic mass is 127. The molecule has 2 N–H and O–H groups in total. The minimum atomic E-state index is -4.19. The normalized spacial score (nSPS) is 11.5. The lowest BCUT2D eigenvalue weighted by Crippen LogP contribution is -2.38. The van der Waals surface area contributed by atoms with E-state index in [1.54, 1.807) is 12.1 Å². The third-order valence-corrected chi connectivity index (χ3v) is 2.94. The number of methoxy groups -OCH3 is 2. The van der Waals surface area contributed by atoms with Gasteiger partial charge in [0, 0.05) is 18.7 Å². The van der Waals surface area contributed by atoms with Crippen molar-refractivity contribution in [3.63, 3.8) is 0 Å². The Morgan fingerprint density at radius 2 is 1.88 bits per heavy atom. The number of ether oxygens (including phenoxy) is 2. The smallest absolute Gasteiger partial charge is 0.390 e. The van der Waals surface area contributed by atoms with E-state index in [-0.39, 0.29) is 37.1 Å². The number of hydrogen-bond donors (Lipinski definition) is 2. The van der Waals surface area contributed by atoms with Crippen molar-refractivity contribution in [3.05, 3.63) is 23.8 Å². The van der Waals surface area contributed by atoms with Gasteiger partial charge in [-0.05, 0) is 13.0 Å². The third-order valence-electron chi connectivity index (χ3n) is 2.94. The van der Waals surface area contributed by atoms with Crippen molar-refractivity contribution < 1.29 is 22.6 Å². The van der Waals surface area contributed by atoms with E-state index in [9.17, 15) is 13.2 Å². The van der Waals surface area contributed by atoms with Gasteiger partial charge in [0.05, 0.1) is 27.2 Å². The highest BCUT2D eigenvalue weighted by molar-refractivity contribution is 14.0. The molecule has 0 amide bonds. The summed E-state index contributed by atoms with van der Waals surface area (Å²) in [7, 11) is 3.06. The summed E-state index contributed by atoms with van der Waals surface area (Å²) in [5.74, 6) is 1.46. The number of rotatable bonds is 7. The Morgan fingerprint density at radius 1 is 1.17 bits per heavy atom. The molecule has 0 aliphatic heterocycles. The molecule has 5 nitrogen and oxygen atoms in total. The summed E-state index contributed by atoms with van der Waals surface area (Å²) in [6.07, 6.45) is -5.11. The first-order valence-electron chi connectivity index (χ1n) is 7.20. The van der Waals surface area contributed by atoms with Crippen molar-refractivity contribution in [2.24, 2.45) is 4.99 Å². The van der Waals surface area contributed by atoms with Crippen LogP contribution in [0.4, 0.5) is 13.2 Å². The predicted molar refractivity (Wildman–Crippen MR) is 98.5 cm³/mol. The molecule has 24 heavy (non-hydrogen) atoms. The maximum atomic E-state index is 12.2. The highest BCUT2D eigenvalue weighted by Crippen LogP contribution is 2.31. The van der Waals surface area contributed by atoms with E-state index in [1.165, 1.54) is 14.2 Å². The number of alkyl halides is 3. The SMILES string of the molecule is CCNC(=NCc1cccc(OC)c1OC)NCCC(F)(F)F.I. The fraction of sp³-hybridized carbons (Fsp3) is 0.533. The van der Waals surface area contributed by atoms with E-state index in [0.717, 1.165) is 5.56 Å². The largest absolute Gasteiger partial charge is 0.493 e. The van der Waals surface area contributed by atoms with Crippen LogP contribution in [-0.2, 0) is 6.54 Å². The van der Waals surface area contributed by atoms with Crippen LogP contribution in [-0.4, -0.2) is 39.4 Å². The second kappa shape index (κ2) is 11.2. The van der Waals surface area contributed by atoms with Gasteiger partial charge in [0.1, 0.15) is 0 Å². The van der Waals surface area contributed by atoms with Crippen molar-refractivity contribution in [2.75, 3.05) is 27.3 Å². The van der Waals surface area contributed by atoms with Gasteiger partial charge in [-0.2, -0.15) is 13.2 Å². The monoisotopic (exact) mass is 461 g/mol. The van der Waals surface area contributed by atoms with Crippen LogP contribution in [0, 0.1) is 0 Å². The number of guanidine groups is 1. The van der Waals surface area contributed by atoms with E-state index in [2.05, 4.69) is 15.6 Å². The second-order valence-corrected chi connectivity index (χ2v) is 4.64. The Labute approximate surface area is 157 Å². The highest BCUT2D eigenvalue weighted by Gasteiger charge is 2.26. The first-order valence-corrected chi connectivity index (χ1v) is 7.20. The summed E-state index contributed by atoms with van der Waals surface area (Å²) in [5, 5.41) is 5.57. The molecule has 0 spiro atoms. The Bertz CT molecular complexity index is 525. The molecular weight excluding hydrogens is 438 g/mol. The van der Waals surface area contributed by atoms with Crippen LogP contribution in [0.2, 0.25) is 0 Å². The molecule has 0 aliphatic carbocycles. The van der Waals surface area contributed by atoms with Crippen molar-refractivity contribution in [3.8, 4) is 11.5 Å². The number of halogens is 4. The lowest BCUT2D eigenvalue weighted by molar-refractivity contribution is -0.132. The van der Waals surface area contributed by atoms with E-state index < -0.39 is 12.6 Å². The number of aliphatic imine (C=N–C) groups is 1. The Hall–Kier alpha value is -1.39. The number of hydrogen-bond acceptors (Lipinski definition) is 3. The van der Waals surface area contributed by atoms with E-state index in [4.69, 9.17) is 9.47 Å². The van der Waals surface area contributed by atoms with Crippen LogP contribution in [0.1, 0.15) is 18.9 Å². The molecule has 0 radical (unpaired) electrons. The van der Waals surface area contributed by atoms with E-state index in [0.29, 0.717) is 24.0 Å². The first kappa shape index (κ1) is 22.6. The van der Waals surface area contributed by atoms with Crippen LogP contribution in [0.15, 0.2) is 23.2 Å². The first-order chi connectivity index (χ1) is 10.9. The summed E-state index contributed by atoms with van der Waals surface area (Å²) in [4.78, 5) is 4.28. The molecule has 0 bridgehead atoms. The van der Waals surface area contributed by atoms with Gasteiger partial charge in [-0.15, -0.1) is 24.0 Å². The number of benzene rings is 1. The molecule has 1 rings (SSSR count). The van der Waals surface area contributed by atoms with Gasteiger partial charge in [-0.3, -0.25) is 0 Å². The molecule has 0 heterocycles. The average Bonchev–Trinajstić information content (AvgIpc) is 2.50. The fourth-order valence-corrected chi connectivity index (χ4v) is 1.91. The lowest BCUT2D eigenvalue weighted by Gasteiger charge is -2.14. The quantitative estimate of drug-likeness (QED) is 0.372. The fourth-order valence-electron chi connectivity index (χ4n) is 1.91. The maximum absolute atomic E-state index is 12.2. The average molecular weight is 461 g/mol. The van der Waals surface area contributed by atoms with Gasteiger partial charge in [-0.1, -0.05) is 12.1 Å². The van der Waals surface area contributed by atoms with Crippen LogP contribution in [0.25, 0.3) is 0 Å². The van der Waals surface area contributed by atoms with E-state index >= 15 is 0 Å². The molecule has 0 saturated heterocycles. The molecule has 0 unspecified atom stereocenters. The van der Waals surface area contributed by atoms with Gasteiger partial charge >= 0.3 is 6.18 Å². The summed E-state index contributed by atoms with van der Waals surface area (Å²) in [6, 6.07) is 5.39. The molecule has 0 fully saturated rings. The van der Waals surface area contributed by atoms with Crippen molar-refractivity contribution in [1.82, 2.24) is 10.6 Å². The van der Waals surface area contributed by atoms with E-state index in [1.807, 2.05) is 13.0 Å². The Morgan fingerprint density at radius 3 is 2.42 bits per heavy atom. The van der Waals surface area contributed by atoms with Gasteiger partial charge in [0.2, 0.25) is 0 Å². The Balaban J connectivity index is 0.00000529. The topological polar surface area (TPSA) is 54.9 Å². The van der Waals surface area contributed by atoms with Crippen LogP contribution >= 0.6 is 24.0 Å². The van der Waals surface area contributed by atoms with Gasteiger partial charge in [0.25, 0.3) is 0 Å². The molecule has 9 heteroatoms. The molecule has 0 aliphatic rings. The molecule has 0 atom stereocenters. The molecular formula is C15H23F3IN3O2. The summed E-state index contributed by atoms with van der Waals surface area (Å²) in [5.41, 5.74) is 0.778. The summed E-state index contributed by atoms with van der Waals surface area (Å²) >= 11 is 0. The zero-order chi connectivity index (χ0) is 17.3. The molecule has 0 aromatic heterocycles. The molecule has 138 valence electrons. The molecule has 1 aromatic rings. The molecule has 1 aromatic carbocycles. The van der Waals surface area contributed by atoms with Crippen LogP contribution in [0.5, 0.6) is 11.5 Å². The van der Waals surface area contributed by atoms with Gasteiger partial charge < -0.3 is 20.1 Å². The van der Waals surface area contributed by atoms with Crippen molar-refractivity contribution in [1.29, 1.82) is 0 Å². The molecule has 0 saturated carbocycles. The zero-order valence-electron chi connectivity index (χ0n) is 13.9. The number of nitrogens with zero attached hydrogens (tertiary/aromatic N) is 1. The Kier molecular flexibility index (Phi) is 10.6. The number of para-hydroxylation sites is 1. The lowest BCUT2D eigenvalue weighted by atomic mass is 10.2. The standard InChI is InChI=1S/C15H22F3N3O2.HI/c1-4-19-14(20-9-8-15(16,17)18)21-10-11-6-5-7-12(22-2)13(11)23-3;/h5-7H,4,8-10H2,1-3H3,(H2,19,20,21);1H. The van der Waals surface area contributed by atoms with Gasteiger partial charge in [-0.25, -0.2) is 4.99 Å². The maximum Gasteiger partial charge on any atom is 0.390 e. The van der Waals surface area contributed by atoms with Crippen LogP contribution in [0.3, 0.4) is 0 Å². The predicted octanol–water partition coefficient (Wildman–Crippen LogP) is 3.33. The zero-order valence-corrected chi connectivity index (χ0v) is 16.2. The second-order valence-electron chi connectivity index (χ2n) is 4.64. The minimum Gasteiger partial charge on any atom is -0.493 e. The minimum absolute atomic E-state index is 0. The van der Waals surface area contributed by atoms with Crippen molar-refractivity contribution >= 4 is 29.9 Å². The number of nitrogens with one attached hydrogen (secondary N) is 2. The van der Waals surface area contributed by atoms with Crippen LogP contribution < -0.4 is 20.1 Å². The summed E-state index contributed by atoms with van der Waals surface area (Å²) < 4.78 is 47.1. The van der Waals surface area contributed by atoms with Gasteiger partial charge in [0.15, 0.2) is 17.5 Å². The third kappa shape index (κ3) is 7.93. The van der Waals surface area contributed by atoms with Crippen molar-refractivity contribution in [2.45, 2.75) is 26.1 Å².